The molecule has 0 radical (unpaired) electrons. The predicted octanol–water partition coefficient (Wildman–Crippen LogP) is 3.82. The zero-order valence-corrected chi connectivity index (χ0v) is 11.2. The number of aryl methyl sites for hydroxylation is 1. The van der Waals surface area contributed by atoms with Gasteiger partial charge in [-0.25, -0.2) is 0 Å². The van der Waals surface area contributed by atoms with E-state index in [0.29, 0.717) is 22.4 Å². The molecule has 94 valence electrons. The fraction of sp³-hybridized carbons (Fsp3) is 0.154. The number of hydrogen-bond acceptors (Lipinski definition) is 2. The Morgan fingerprint density at radius 1 is 1.28 bits per heavy atom. The fourth-order valence-electron chi connectivity index (χ4n) is 1.48. The Balaban J connectivity index is 2.01. The molecule has 0 saturated heterocycles. The summed E-state index contributed by atoms with van der Waals surface area (Å²) in [5.41, 5.74) is 0.803. The minimum atomic E-state index is -0.269. The van der Waals surface area contributed by atoms with Gasteiger partial charge in [-0.15, -0.1) is 0 Å². The molecule has 0 aliphatic heterocycles. The lowest BCUT2D eigenvalue weighted by Crippen LogP contribution is -2.22. The molecular weight excluding hydrogens is 273 g/mol. The molecule has 2 rings (SSSR count). The molecule has 0 atom stereocenters. The van der Waals surface area contributed by atoms with Crippen LogP contribution in [0.15, 0.2) is 34.7 Å². The molecule has 18 heavy (non-hydrogen) atoms. The standard InChI is InChI=1S/C13H11Cl2NO2/c1-8-2-5-12(18-8)13(17)16-7-9-3-4-10(14)6-11(9)15/h2-6H,7H2,1H3,(H,16,17). The van der Waals surface area contributed by atoms with Crippen LogP contribution in [-0.2, 0) is 6.54 Å². The van der Waals surface area contributed by atoms with Crippen molar-refractivity contribution in [2.75, 3.05) is 0 Å². The van der Waals surface area contributed by atoms with Gasteiger partial charge in [0.2, 0.25) is 0 Å². The zero-order chi connectivity index (χ0) is 13.1. The van der Waals surface area contributed by atoms with Crippen molar-refractivity contribution in [3.05, 3.63) is 57.5 Å². The summed E-state index contributed by atoms with van der Waals surface area (Å²) in [7, 11) is 0. The van der Waals surface area contributed by atoms with Crippen LogP contribution in [-0.4, -0.2) is 5.91 Å². The van der Waals surface area contributed by atoms with Crippen LogP contribution in [0.4, 0.5) is 0 Å². The van der Waals surface area contributed by atoms with E-state index < -0.39 is 0 Å². The van der Waals surface area contributed by atoms with Crippen molar-refractivity contribution in [3.63, 3.8) is 0 Å². The van der Waals surface area contributed by atoms with E-state index in [0.717, 1.165) is 5.56 Å². The summed E-state index contributed by atoms with van der Waals surface area (Å²) in [5.74, 6) is 0.719. The highest BCUT2D eigenvalue weighted by Gasteiger charge is 2.10. The van der Waals surface area contributed by atoms with E-state index in [1.165, 1.54) is 0 Å². The largest absolute Gasteiger partial charge is 0.456 e. The predicted molar refractivity (Wildman–Crippen MR) is 71.1 cm³/mol. The molecule has 0 aliphatic rings. The Hall–Kier alpha value is -1.45. The maximum Gasteiger partial charge on any atom is 0.287 e. The summed E-state index contributed by atoms with van der Waals surface area (Å²) < 4.78 is 5.22. The summed E-state index contributed by atoms with van der Waals surface area (Å²) in [4.78, 5) is 11.7. The second kappa shape index (κ2) is 5.46. The second-order valence-corrected chi connectivity index (χ2v) is 4.67. The molecular formula is C13H11Cl2NO2. The second-order valence-electron chi connectivity index (χ2n) is 3.83. The third-order valence-corrected chi connectivity index (χ3v) is 3.01. The molecule has 1 heterocycles. The van der Waals surface area contributed by atoms with Crippen molar-refractivity contribution in [2.24, 2.45) is 0 Å². The monoisotopic (exact) mass is 283 g/mol. The zero-order valence-electron chi connectivity index (χ0n) is 9.67. The third-order valence-electron chi connectivity index (χ3n) is 2.42. The van der Waals surface area contributed by atoms with Crippen molar-refractivity contribution in [1.82, 2.24) is 5.32 Å². The van der Waals surface area contributed by atoms with Gasteiger partial charge in [-0.2, -0.15) is 0 Å². The Kier molecular flexibility index (Phi) is 3.94. The summed E-state index contributed by atoms with van der Waals surface area (Å²) in [6, 6.07) is 8.52. The first-order chi connectivity index (χ1) is 8.56. The minimum Gasteiger partial charge on any atom is -0.456 e. The van der Waals surface area contributed by atoms with Crippen LogP contribution in [0.25, 0.3) is 0 Å². The number of carbonyl (C=O) groups excluding carboxylic acids is 1. The SMILES string of the molecule is Cc1ccc(C(=O)NCc2ccc(Cl)cc2Cl)o1. The normalized spacial score (nSPS) is 10.4. The van der Waals surface area contributed by atoms with Crippen LogP contribution in [0.2, 0.25) is 10.0 Å². The van der Waals surface area contributed by atoms with Crippen molar-refractivity contribution < 1.29 is 9.21 Å². The van der Waals surface area contributed by atoms with Gasteiger partial charge in [0.1, 0.15) is 5.76 Å². The summed E-state index contributed by atoms with van der Waals surface area (Å²) >= 11 is 11.8. The Morgan fingerprint density at radius 3 is 2.67 bits per heavy atom. The molecule has 0 fully saturated rings. The summed E-state index contributed by atoms with van der Waals surface area (Å²) in [6.07, 6.45) is 0. The highest BCUT2D eigenvalue weighted by molar-refractivity contribution is 6.35. The molecule has 0 bridgehead atoms. The van der Waals surface area contributed by atoms with Crippen LogP contribution in [0.1, 0.15) is 21.9 Å². The van der Waals surface area contributed by atoms with Gasteiger partial charge < -0.3 is 9.73 Å². The molecule has 1 amide bonds. The molecule has 0 aliphatic carbocycles. The van der Waals surface area contributed by atoms with Crippen molar-refractivity contribution >= 4 is 29.1 Å². The van der Waals surface area contributed by atoms with Crippen LogP contribution in [0, 0.1) is 6.92 Å². The van der Waals surface area contributed by atoms with Gasteiger partial charge in [-0.05, 0) is 36.8 Å². The van der Waals surface area contributed by atoms with Crippen molar-refractivity contribution in [2.45, 2.75) is 13.5 Å². The smallest absolute Gasteiger partial charge is 0.287 e. The quantitative estimate of drug-likeness (QED) is 0.930. The summed E-state index contributed by atoms with van der Waals surface area (Å²) in [6.45, 7) is 2.11. The van der Waals surface area contributed by atoms with E-state index in [1.807, 2.05) is 0 Å². The first kappa shape index (κ1) is 13.0. The molecule has 1 aromatic carbocycles. The van der Waals surface area contributed by atoms with Crippen molar-refractivity contribution in [3.8, 4) is 0 Å². The first-order valence-electron chi connectivity index (χ1n) is 5.35. The van der Waals surface area contributed by atoms with Crippen LogP contribution in [0.3, 0.4) is 0 Å². The van der Waals surface area contributed by atoms with Crippen LogP contribution in [0.5, 0.6) is 0 Å². The highest BCUT2D eigenvalue weighted by atomic mass is 35.5. The fourth-order valence-corrected chi connectivity index (χ4v) is 1.96. The lowest BCUT2D eigenvalue weighted by atomic mass is 10.2. The first-order valence-corrected chi connectivity index (χ1v) is 6.10. The van der Waals surface area contributed by atoms with Gasteiger partial charge in [-0.3, -0.25) is 4.79 Å². The molecule has 2 aromatic rings. The Morgan fingerprint density at radius 2 is 2.06 bits per heavy atom. The molecule has 1 aromatic heterocycles. The lowest BCUT2D eigenvalue weighted by Gasteiger charge is -2.06. The maximum atomic E-state index is 11.7. The summed E-state index contributed by atoms with van der Waals surface area (Å²) in [5, 5.41) is 3.82. The number of hydrogen-bond donors (Lipinski definition) is 1. The van der Waals surface area contributed by atoms with E-state index in [1.54, 1.807) is 37.3 Å². The molecule has 5 heteroatoms. The highest BCUT2D eigenvalue weighted by Crippen LogP contribution is 2.20. The molecule has 0 saturated carbocycles. The van der Waals surface area contributed by atoms with Gasteiger partial charge >= 0.3 is 0 Å². The van der Waals surface area contributed by atoms with Gasteiger partial charge in [0.05, 0.1) is 0 Å². The van der Waals surface area contributed by atoms with Gasteiger partial charge in [0.25, 0.3) is 5.91 Å². The average molecular weight is 284 g/mol. The van der Waals surface area contributed by atoms with E-state index in [9.17, 15) is 4.79 Å². The number of halogens is 2. The number of nitrogens with one attached hydrogen (secondary N) is 1. The molecule has 0 spiro atoms. The molecule has 3 nitrogen and oxygen atoms in total. The number of rotatable bonds is 3. The van der Waals surface area contributed by atoms with E-state index >= 15 is 0 Å². The molecule has 1 N–H and O–H groups in total. The van der Waals surface area contributed by atoms with Gasteiger partial charge in [0, 0.05) is 16.6 Å². The van der Waals surface area contributed by atoms with E-state index in [4.69, 9.17) is 27.6 Å². The van der Waals surface area contributed by atoms with Crippen LogP contribution < -0.4 is 5.32 Å². The lowest BCUT2D eigenvalue weighted by molar-refractivity contribution is 0.0922. The topological polar surface area (TPSA) is 42.2 Å². The van der Waals surface area contributed by atoms with Crippen molar-refractivity contribution in [1.29, 1.82) is 0 Å². The average Bonchev–Trinajstić information content (AvgIpc) is 2.74. The minimum absolute atomic E-state index is 0.269. The number of carbonyl (C=O) groups is 1. The van der Waals surface area contributed by atoms with Gasteiger partial charge in [-0.1, -0.05) is 29.3 Å². The third kappa shape index (κ3) is 3.06. The number of amides is 1. The maximum absolute atomic E-state index is 11.7. The number of furan rings is 1. The Bertz CT molecular complexity index is 578. The molecule has 0 unspecified atom stereocenters. The number of benzene rings is 1. The Labute approximate surface area is 115 Å². The van der Waals surface area contributed by atoms with E-state index in [2.05, 4.69) is 5.32 Å². The van der Waals surface area contributed by atoms with Gasteiger partial charge in [0.15, 0.2) is 5.76 Å². The van der Waals surface area contributed by atoms with E-state index in [-0.39, 0.29) is 11.7 Å². The van der Waals surface area contributed by atoms with Crippen LogP contribution >= 0.6 is 23.2 Å².